The first-order chi connectivity index (χ1) is 9.04. The molecule has 2 nitrogen and oxygen atoms in total. The first-order valence-corrected chi connectivity index (χ1v) is 7.34. The Hall–Kier alpha value is -0.990. The minimum absolute atomic E-state index is 0.239. The Morgan fingerprint density at radius 2 is 2.05 bits per heavy atom. The second-order valence-corrected chi connectivity index (χ2v) is 5.84. The lowest BCUT2D eigenvalue weighted by molar-refractivity contribution is 0.351. The second-order valence-electron chi connectivity index (χ2n) is 5.43. The van der Waals surface area contributed by atoms with E-state index in [0.29, 0.717) is 5.92 Å². The number of fused-ring (bicyclic) bond motifs is 1. The molecule has 1 aromatic heterocycles. The molecular formula is C16H22ClNO. The van der Waals surface area contributed by atoms with E-state index in [2.05, 4.69) is 39.1 Å². The lowest BCUT2D eigenvalue weighted by atomic mass is 10.0. The van der Waals surface area contributed by atoms with Crippen molar-refractivity contribution < 1.29 is 4.42 Å². The molecule has 2 rings (SSSR count). The van der Waals surface area contributed by atoms with E-state index in [-0.39, 0.29) is 6.04 Å². The molecule has 1 N–H and O–H groups in total. The van der Waals surface area contributed by atoms with Gasteiger partial charge in [0.15, 0.2) is 0 Å². The molecule has 104 valence electrons. The quantitative estimate of drug-likeness (QED) is 0.824. The van der Waals surface area contributed by atoms with Crippen LogP contribution in [0.25, 0.3) is 11.0 Å². The van der Waals surface area contributed by atoms with Gasteiger partial charge in [-0.1, -0.05) is 38.4 Å². The van der Waals surface area contributed by atoms with Crippen molar-refractivity contribution in [3.8, 4) is 0 Å². The number of halogens is 1. The molecule has 0 aliphatic rings. The van der Waals surface area contributed by atoms with Crippen LogP contribution >= 0.6 is 11.6 Å². The second kappa shape index (κ2) is 5.98. The third-order valence-corrected chi connectivity index (χ3v) is 3.76. The maximum atomic E-state index is 6.25. The van der Waals surface area contributed by atoms with E-state index in [0.717, 1.165) is 40.3 Å². The predicted octanol–water partition coefficient (Wildman–Crippen LogP) is 5.09. The van der Waals surface area contributed by atoms with Gasteiger partial charge in [0.05, 0.1) is 11.1 Å². The van der Waals surface area contributed by atoms with Gasteiger partial charge in [-0.3, -0.25) is 0 Å². The summed E-state index contributed by atoms with van der Waals surface area (Å²) in [4.78, 5) is 0. The van der Waals surface area contributed by atoms with Crippen LogP contribution in [0, 0.1) is 12.8 Å². The van der Waals surface area contributed by atoms with E-state index in [1.165, 1.54) is 0 Å². The van der Waals surface area contributed by atoms with Crippen LogP contribution in [0.1, 0.15) is 44.6 Å². The minimum atomic E-state index is 0.239. The van der Waals surface area contributed by atoms with Crippen molar-refractivity contribution in [3.05, 3.63) is 34.5 Å². The maximum Gasteiger partial charge on any atom is 0.138 e. The van der Waals surface area contributed by atoms with Gasteiger partial charge in [0, 0.05) is 5.39 Å². The van der Waals surface area contributed by atoms with Crippen molar-refractivity contribution >= 4 is 22.6 Å². The Balaban J connectivity index is 2.43. The molecule has 0 aliphatic carbocycles. The van der Waals surface area contributed by atoms with Gasteiger partial charge in [-0.05, 0) is 43.5 Å². The number of rotatable bonds is 5. The number of nitrogens with one attached hydrogen (secondary N) is 1. The highest BCUT2D eigenvalue weighted by Gasteiger charge is 2.20. The summed E-state index contributed by atoms with van der Waals surface area (Å²) in [7, 11) is 0. The largest absolute Gasteiger partial charge is 0.459 e. The highest BCUT2D eigenvalue weighted by atomic mass is 35.5. The van der Waals surface area contributed by atoms with E-state index in [9.17, 15) is 0 Å². The fraction of sp³-hybridized carbons (Fsp3) is 0.500. The number of hydrogen-bond donors (Lipinski definition) is 1. The molecule has 19 heavy (non-hydrogen) atoms. The van der Waals surface area contributed by atoms with E-state index in [1.54, 1.807) is 0 Å². The molecule has 2 aromatic rings. The molecule has 1 heterocycles. The molecule has 0 saturated heterocycles. The van der Waals surface area contributed by atoms with Crippen LogP contribution in [0.3, 0.4) is 0 Å². The van der Waals surface area contributed by atoms with Crippen molar-refractivity contribution in [2.24, 2.45) is 5.92 Å². The highest BCUT2D eigenvalue weighted by molar-refractivity contribution is 6.35. The van der Waals surface area contributed by atoms with Crippen LogP contribution in [-0.2, 0) is 0 Å². The Labute approximate surface area is 120 Å². The van der Waals surface area contributed by atoms with Gasteiger partial charge < -0.3 is 9.73 Å². The summed E-state index contributed by atoms with van der Waals surface area (Å²) in [5, 5.41) is 5.32. The molecule has 1 unspecified atom stereocenters. The normalized spacial score (nSPS) is 13.4. The van der Waals surface area contributed by atoms with Gasteiger partial charge in [0.1, 0.15) is 11.3 Å². The third kappa shape index (κ3) is 2.96. The molecule has 0 aliphatic heterocycles. The van der Waals surface area contributed by atoms with E-state index in [1.807, 2.05) is 12.1 Å². The summed E-state index contributed by atoms with van der Waals surface area (Å²) in [5.41, 5.74) is 2.04. The van der Waals surface area contributed by atoms with Crippen LogP contribution < -0.4 is 5.32 Å². The summed E-state index contributed by atoms with van der Waals surface area (Å²) >= 11 is 6.25. The predicted molar refractivity (Wildman–Crippen MR) is 81.8 cm³/mol. The lowest BCUT2D eigenvalue weighted by Gasteiger charge is -2.19. The van der Waals surface area contributed by atoms with Crippen molar-refractivity contribution in [1.29, 1.82) is 0 Å². The van der Waals surface area contributed by atoms with Crippen LogP contribution in [0.4, 0.5) is 0 Å². The molecule has 0 spiro atoms. The third-order valence-electron chi connectivity index (χ3n) is 3.43. The fourth-order valence-electron chi connectivity index (χ4n) is 2.36. The Kier molecular flexibility index (Phi) is 4.54. The van der Waals surface area contributed by atoms with E-state index in [4.69, 9.17) is 16.0 Å². The Morgan fingerprint density at radius 1 is 1.32 bits per heavy atom. The maximum absolute atomic E-state index is 6.25. The molecule has 0 bridgehead atoms. The number of hydrogen-bond acceptors (Lipinski definition) is 2. The van der Waals surface area contributed by atoms with Gasteiger partial charge in [-0.15, -0.1) is 0 Å². The zero-order valence-corrected chi connectivity index (χ0v) is 12.8. The monoisotopic (exact) mass is 279 g/mol. The standard InChI is InChI=1S/C16H22ClNO/c1-5-8-18-15(10(2)3)14-9-12-13(17)7-6-11(4)16(12)19-14/h6-7,9-10,15,18H,5,8H2,1-4H3. The molecule has 3 heteroatoms. The highest BCUT2D eigenvalue weighted by Crippen LogP contribution is 2.33. The minimum Gasteiger partial charge on any atom is -0.459 e. The van der Waals surface area contributed by atoms with Gasteiger partial charge in [-0.25, -0.2) is 0 Å². The average Bonchev–Trinajstić information content (AvgIpc) is 2.80. The first-order valence-electron chi connectivity index (χ1n) is 6.96. The lowest BCUT2D eigenvalue weighted by Crippen LogP contribution is -2.25. The Morgan fingerprint density at radius 3 is 2.63 bits per heavy atom. The topological polar surface area (TPSA) is 25.2 Å². The Bertz CT molecular complexity index is 520. The van der Waals surface area contributed by atoms with Crippen molar-refractivity contribution in [2.75, 3.05) is 6.54 Å². The zero-order valence-electron chi connectivity index (χ0n) is 12.1. The summed E-state index contributed by atoms with van der Waals surface area (Å²) in [5.74, 6) is 1.46. The van der Waals surface area contributed by atoms with E-state index >= 15 is 0 Å². The molecular weight excluding hydrogens is 258 g/mol. The van der Waals surface area contributed by atoms with E-state index < -0.39 is 0 Å². The summed E-state index contributed by atoms with van der Waals surface area (Å²) in [6.45, 7) is 9.62. The molecule has 0 saturated carbocycles. The zero-order chi connectivity index (χ0) is 14.0. The number of aryl methyl sites for hydroxylation is 1. The van der Waals surface area contributed by atoms with Crippen molar-refractivity contribution in [3.63, 3.8) is 0 Å². The van der Waals surface area contributed by atoms with Crippen LogP contribution in [-0.4, -0.2) is 6.54 Å². The molecule has 1 atom stereocenters. The summed E-state index contributed by atoms with van der Waals surface area (Å²) in [6.07, 6.45) is 1.11. The number of benzene rings is 1. The van der Waals surface area contributed by atoms with Gasteiger partial charge in [0.2, 0.25) is 0 Å². The van der Waals surface area contributed by atoms with Gasteiger partial charge in [0.25, 0.3) is 0 Å². The first kappa shape index (κ1) is 14.4. The molecule has 1 aromatic carbocycles. The molecule has 0 radical (unpaired) electrons. The van der Waals surface area contributed by atoms with Gasteiger partial charge in [-0.2, -0.15) is 0 Å². The number of furan rings is 1. The smallest absolute Gasteiger partial charge is 0.138 e. The van der Waals surface area contributed by atoms with Crippen LogP contribution in [0.2, 0.25) is 5.02 Å². The molecule has 0 amide bonds. The van der Waals surface area contributed by atoms with Crippen LogP contribution in [0.15, 0.2) is 22.6 Å². The fourth-order valence-corrected chi connectivity index (χ4v) is 2.57. The summed E-state index contributed by atoms with van der Waals surface area (Å²) < 4.78 is 6.05. The SMILES string of the molecule is CCCNC(c1cc2c(Cl)ccc(C)c2o1)C(C)C. The van der Waals surface area contributed by atoms with Gasteiger partial charge >= 0.3 is 0 Å². The average molecular weight is 280 g/mol. The van der Waals surface area contributed by atoms with Crippen molar-refractivity contribution in [2.45, 2.75) is 40.2 Å². The van der Waals surface area contributed by atoms with Crippen LogP contribution in [0.5, 0.6) is 0 Å². The summed E-state index contributed by atoms with van der Waals surface area (Å²) in [6, 6.07) is 6.25. The molecule has 0 fully saturated rings. The van der Waals surface area contributed by atoms with Crippen molar-refractivity contribution in [1.82, 2.24) is 5.32 Å².